The zero-order valence-electron chi connectivity index (χ0n) is 11.2. The van der Waals surface area contributed by atoms with Crippen molar-refractivity contribution in [3.63, 3.8) is 0 Å². The summed E-state index contributed by atoms with van der Waals surface area (Å²) in [6.07, 6.45) is 0.639. The van der Waals surface area contributed by atoms with Crippen molar-refractivity contribution in [1.82, 2.24) is 4.98 Å². The van der Waals surface area contributed by atoms with Gasteiger partial charge in [-0.25, -0.2) is 4.79 Å². The molecule has 0 unspecified atom stereocenters. The summed E-state index contributed by atoms with van der Waals surface area (Å²) in [6, 6.07) is 5.51. The molecule has 1 aliphatic rings. The van der Waals surface area contributed by atoms with Crippen LogP contribution in [0.25, 0.3) is 22.0 Å². The molecule has 5 heteroatoms. The van der Waals surface area contributed by atoms with Crippen LogP contribution in [0.1, 0.15) is 21.5 Å². The SMILES string of the molecule is COC(=O)c1cccc2c1Cc1c-2[nH]c(=O)c2cscc12. The predicted molar refractivity (Wildman–Crippen MR) is 82.0 cm³/mol. The zero-order chi connectivity index (χ0) is 14.6. The molecule has 4 rings (SSSR count). The molecule has 1 aromatic carbocycles. The third-order valence-corrected chi connectivity index (χ3v) is 4.72. The number of H-pyrrole nitrogens is 1. The molecule has 0 saturated heterocycles. The van der Waals surface area contributed by atoms with Crippen LogP contribution in [0.3, 0.4) is 0 Å². The van der Waals surface area contributed by atoms with Crippen LogP contribution in [0.15, 0.2) is 33.8 Å². The lowest BCUT2D eigenvalue weighted by molar-refractivity contribution is 0.0600. The second kappa shape index (κ2) is 4.30. The molecule has 0 saturated carbocycles. The Morgan fingerprint density at radius 2 is 2.05 bits per heavy atom. The maximum absolute atomic E-state index is 12.1. The molecule has 0 fully saturated rings. The van der Waals surface area contributed by atoms with Crippen LogP contribution in [0.4, 0.5) is 0 Å². The summed E-state index contributed by atoms with van der Waals surface area (Å²) in [5.41, 5.74) is 4.23. The van der Waals surface area contributed by atoms with Crippen LogP contribution in [0.5, 0.6) is 0 Å². The number of nitrogens with one attached hydrogen (secondary N) is 1. The van der Waals surface area contributed by atoms with Gasteiger partial charge in [0.2, 0.25) is 0 Å². The van der Waals surface area contributed by atoms with Gasteiger partial charge >= 0.3 is 5.97 Å². The van der Waals surface area contributed by atoms with Crippen LogP contribution in [-0.2, 0) is 11.2 Å². The second-order valence-electron chi connectivity index (χ2n) is 5.01. The molecule has 0 spiro atoms. The van der Waals surface area contributed by atoms with E-state index in [1.807, 2.05) is 22.9 Å². The number of carbonyl (C=O) groups excluding carboxylic acids is 1. The number of carbonyl (C=O) groups is 1. The summed E-state index contributed by atoms with van der Waals surface area (Å²) in [4.78, 5) is 27.0. The van der Waals surface area contributed by atoms with Crippen molar-refractivity contribution in [2.24, 2.45) is 0 Å². The molecule has 3 aromatic rings. The third kappa shape index (κ3) is 1.61. The molecule has 104 valence electrons. The van der Waals surface area contributed by atoms with E-state index in [1.165, 1.54) is 18.4 Å². The van der Waals surface area contributed by atoms with Gasteiger partial charge in [-0.3, -0.25) is 4.79 Å². The van der Waals surface area contributed by atoms with E-state index in [9.17, 15) is 9.59 Å². The minimum absolute atomic E-state index is 0.0821. The molecule has 2 heterocycles. The number of aromatic nitrogens is 1. The van der Waals surface area contributed by atoms with E-state index in [4.69, 9.17) is 4.74 Å². The Morgan fingerprint density at radius 3 is 2.86 bits per heavy atom. The highest BCUT2D eigenvalue weighted by Crippen LogP contribution is 2.40. The summed E-state index contributed by atoms with van der Waals surface area (Å²) in [5, 5.41) is 5.54. The first-order chi connectivity index (χ1) is 10.2. The van der Waals surface area contributed by atoms with E-state index in [0.717, 1.165) is 27.8 Å². The first-order valence-electron chi connectivity index (χ1n) is 6.52. The van der Waals surface area contributed by atoms with Crippen LogP contribution < -0.4 is 5.56 Å². The fraction of sp³-hybridized carbons (Fsp3) is 0.125. The lowest BCUT2D eigenvalue weighted by Crippen LogP contribution is -2.07. The van der Waals surface area contributed by atoms with Gasteiger partial charge in [0.25, 0.3) is 5.56 Å². The molecule has 4 nitrogen and oxygen atoms in total. The van der Waals surface area contributed by atoms with Gasteiger partial charge in [-0.1, -0.05) is 12.1 Å². The molecule has 1 N–H and O–H groups in total. The van der Waals surface area contributed by atoms with Gasteiger partial charge in [-0.15, -0.1) is 0 Å². The van der Waals surface area contributed by atoms with Crippen molar-refractivity contribution >= 4 is 28.1 Å². The Labute approximate surface area is 124 Å². The summed E-state index contributed by atoms with van der Waals surface area (Å²) in [5.74, 6) is -0.344. The summed E-state index contributed by atoms with van der Waals surface area (Å²) < 4.78 is 4.85. The average Bonchev–Trinajstić information content (AvgIpc) is 3.11. The van der Waals surface area contributed by atoms with Gasteiger partial charge in [0.05, 0.1) is 23.8 Å². The van der Waals surface area contributed by atoms with Crippen LogP contribution >= 0.6 is 11.3 Å². The van der Waals surface area contributed by atoms with Gasteiger partial charge < -0.3 is 9.72 Å². The molecule has 0 amide bonds. The smallest absolute Gasteiger partial charge is 0.338 e. The predicted octanol–water partition coefficient (Wildman–Crippen LogP) is 2.95. The van der Waals surface area contributed by atoms with Crippen molar-refractivity contribution in [1.29, 1.82) is 0 Å². The van der Waals surface area contributed by atoms with Crippen molar-refractivity contribution in [3.05, 3.63) is 56.0 Å². The number of esters is 1. The van der Waals surface area contributed by atoms with Crippen LogP contribution in [-0.4, -0.2) is 18.1 Å². The Kier molecular flexibility index (Phi) is 2.53. The Morgan fingerprint density at radius 1 is 1.24 bits per heavy atom. The molecule has 0 atom stereocenters. The molecule has 1 aliphatic carbocycles. The number of aromatic amines is 1. The number of pyridine rings is 1. The summed E-state index contributed by atoms with van der Waals surface area (Å²) in [6.45, 7) is 0. The lowest BCUT2D eigenvalue weighted by Gasteiger charge is -2.05. The second-order valence-corrected chi connectivity index (χ2v) is 5.75. The minimum atomic E-state index is -0.344. The van der Waals surface area contributed by atoms with Crippen molar-refractivity contribution in [3.8, 4) is 11.3 Å². The number of hydrogen-bond donors (Lipinski definition) is 1. The van der Waals surface area contributed by atoms with Crippen molar-refractivity contribution < 1.29 is 9.53 Å². The van der Waals surface area contributed by atoms with E-state index < -0.39 is 0 Å². The van der Waals surface area contributed by atoms with Gasteiger partial charge in [0, 0.05) is 22.8 Å². The Bertz CT molecular complexity index is 952. The summed E-state index contributed by atoms with van der Waals surface area (Å²) >= 11 is 1.52. The normalized spacial score (nSPS) is 12.2. The molecular formula is C16H11NO3S. The minimum Gasteiger partial charge on any atom is -0.465 e. The largest absolute Gasteiger partial charge is 0.465 e. The first-order valence-corrected chi connectivity index (χ1v) is 7.46. The molecular weight excluding hydrogens is 286 g/mol. The zero-order valence-corrected chi connectivity index (χ0v) is 12.0. The van der Waals surface area contributed by atoms with Gasteiger partial charge in [-0.2, -0.15) is 11.3 Å². The monoisotopic (exact) mass is 297 g/mol. The summed E-state index contributed by atoms with van der Waals surface area (Å²) in [7, 11) is 1.38. The number of benzene rings is 1. The Hall–Kier alpha value is -2.40. The van der Waals surface area contributed by atoms with Gasteiger partial charge in [0.1, 0.15) is 0 Å². The molecule has 2 aromatic heterocycles. The Balaban J connectivity index is 2.04. The fourth-order valence-corrected chi connectivity index (χ4v) is 3.84. The van der Waals surface area contributed by atoms with Gasteiger partial charge in [0.15, 0.2) is 0 Å². The number of methoxy groups -OCH3 is 1. The van der Waals surface area contributed by atoms with E-state index in [0.29, 0.717) is 17.4 Å². The molecule has 0 aliphatic heterocycles. The van der Waals surface area contributed by atoms with Crippen molar-refractivity contribution in [2.75, 3.05) is 7.11 Å². The highest BCUT2D eigenvalue weighted by atomic mass is 32.1. The van der Waals surface area contributed by atoms with E-state index >= 15 is 0 Å². The maximum atomic E-state index is 12.1. The highest BCUT2D eigenvalue weighted by Gasteiger charge is 2.27. The third-order valence-electron chi connectivity index (χ3n) is 3.98. The maximum Gasteiger partial charge on any atom is 0.338 e. The molecule has 0 bridgehead atoms. The van der Waals surface area contributed by atoms with E-state index in [2.05, 4.69) is 4.98 Å². The number of thiophene rings is 1. The lowest BCUT2D eigenvalue weighted by atomic mass is 10.0. The molecule has 21 heavy (non-hydrogen) atoms. The number of fused-ring (bicyclic) bond motifs is 5. The average molecular weight is 297 g/mol. The van der Waals surface area contributed by atoms with Crippen LogP contribution in [0.2, 0.25) is 0 Å². The van der Waals surface area contributed by atoms with E-state index in [-0.39, 0.29) is 11.5 Å². The number of hydrogen-bond acceptors (Lipinski definition) is 4. The fourth-order valence-electron chi connectivity index (χ4n) is 3.00. The number of rotatable bonds is 1. The highest BCUT2D eigenvalue weighted by molar-refractivity contribution is 7.09. The van der Waals surface area contributed by atoms with E-state index in [1.54, 1.807) is 6.07 Å². The topological polar surface area (TPSA) is 59.2 Å². The standard InChI is InChI=1S/C16H11NO3S/c1-20-16(19)9-4-2-3-8-10(9)5-11-12-6-21-7-13(12)15(18)17-14(8)11/h2-4,6-7H,5H2,1H3,(H,17,18). The van der Waals surface area contributed by atoms with Crippen LogP contribution in [0, 0.1) is 0 Å². The van der Waals surface area contributed by atoms with Crippen molar-refractivity contribution in [2.45, 2.75) is 6.42 Å². The quantitative estimate of drug-likeness (QED) is 0.550. The van der Waals surface area contributed by atoms with Gasteiger partial charge in [-0.05, 0) is 22.6 Å². The molecule has 0 radical (unpaired) electrons. The number of ether oxygens (including phenoxy) is 1. The first kappa shape index (κ1) is 12.3.